The second-order valence-corrected chi connectivity index (χ2v) is 4.74. The van der Waals surface area contributed by atoms with Gasteiger partial charge in [-0.25, -0.2) is 0 Å². The number of hydrogen-bond donors (Lipinski definition) is 2. The normalized spacial score (nSPS) is 17.8. The van der Waals surface area contributed by atoms with Gasteiger partial charge in [0.2, 0.25) is 0 Å². The number of hydrogen-bond acceptors (Lipinski definition) is 4. The first-order valence-corrected chi connectivity index (χ1v) is 6.60. The molecule has 104 valence electrons. The Labute approximate surface area is 113 Å². The van der Waals surface area contributed by atoms with Crippen molar-refractivity contribution in [3.05, 3.63) is 23.8 Å². The molecular formula is C14H20N2O3. The fraction of sp³-hybridized carbons (Fsp3) is 0.500. The zero-order valence-corrected chi connectivity index (χ0v) is 11.1. The average molecular weight is 264 g/mol. The zero-order chi connectivity index (χ0) is 13.8. The fourth-order valence-electron chi connectivity index (χ4n) is 2.26. The van der Waals surface area contributed by atoms with Crippen molar-refractivity contribution in [3.8, 4) is 5.75 Å². The van der Waals surface area contributed by atoms with E-state index in [-0.39, 0.29) is 12.5 Å². The van der Waals surface area contributed by atoms with E-state index in [0.29, 0.717) is 13.1 Å². The third-order valence-corrected chi connectivity index (χ3v) is 3.37. The first-order chi connectivity index (χ1) is 9.13. The number of aliphatic carboxylic acids is 1. The topological polar surface area (TPSA) is 75.8 Å². The van der Waals surface area contributed by atoms with Crippen LogP contribution in [0.15, 0.2) is 18.2 Å². The highest BCUT2D eigenvalue weighted by atomic mass is 16.5. The lowest BCUT2D eigenvalue weighted by atomic mass is 10.1. The summed E-state index contributed by atoms with van der Waals surface area (Å²) >= 11 is 0. The van der Waals surface area contributed by atoms with Crippen LogP contribution in [-0.4, -0.2) is 30.3 Å². The van der Waals surface area contributed by atoms with E-state index in [1.165, 1.54) is 0 Å². The second kappa shape index (κ2) is 5.93. The lowest BCUT2D eigenvalue weighted by Gasteiger charge is -2.36. The number of fused-ring (bicyclic) bond motifs is 1. The summed E-state index contributed by atoms with van der Waals surface area (Å²) in [7, 11) is 0. The number of anilines is 1. The number of nitrogens with zero attached hydrogens (tertiary/aromatic N) is 1. The maximum atomic E-state index is 10.7. The highest BCUT2D eigenvalue weighted by Gasteiger charge is 2.24. The van der Waals surface area contributed by atoms with Crippen LogP contribution in [0.1, 0.15) is 25.3 Å². The Morgan fingerprint density at radius 3 is 3.00 bits per heavy atom. The van der Waals surface area contributed by atoms with Crippen molar-refractivity contribution in [1.29, 1.82) is 0 Å². The van der Waals surface area contributed by atoms with E-state index in [0.717, 1.165) is 30.0 Å². The molecule has 0 spiro atoms. The van der Waals surface area contributed by atoms with Crippen LogP contribution < -0.4 is 15.4 Å². The predicted octanol–water partition coefficient (Wildman–Crippen LogP) is 1.60. The smallest absolute Gasteiger partial charge is 0.305 e. The quantitative estimate of drug-likeness (QED) is 0.844. The van der Waals surface area contributed by atoms with Crippen LogP contribution in [0.3, 0.4) is 0 Å². The van der Waals surface area contributed by atoms with Gasteiger partial charge in [-0.2, -0.15) is 0 Å². The maximum absolute atomic E-state index is 10.7. The first-order valence-electron chi connectivity index (χ1n) is 6.60. The Balaban J connectivity index is 2.23. The molecule has 0 radical (unpaired) electrons. The van der Waals surface area contributed by atoms with E-state index in [4.69, 9.17) is 15.6 Å². The van der Waals surface area contributed by atoms with Gasteiger partial charge >= 0.3 is 5.97 Å². The lowest BCUT2D eigenvalue weighted by Crippen LogP contribution is -2.40. The van der Waals surface area contributed by atoms with E-state index in [9.17, 15) is 4.79 Å². The third kappa shape index (κ3) is 3.17. The molecule has 1 unspecified atom stereocenters. The molecule has 1 aromatic rings. The molecule has 0 aliphatic carbocycles. The van der Waals surface area contributed by atoms with Gasteiger partial charge in [0, 0.05) is 13.1 Å². The molecule has 5 nitrogen and oxygen atoms in total. The molecule has 19 heavy (non-hydrogen) atoms. The molecule has 1 aromatic carbocycles. The number of nitrogens with two attached hydrogens (primary N) is 1. The summed E-state index contributed by atoms with van der Waals surface area (Å²) in [4.78, 5) is 12.8. The number of rotatable bonds is 5. The van der Waals surface area contributed by atoms with Gasteiger partial charge in [0.25, 0.3) is 0 Å². The van der Waals surface area contributed by atoms with Crippen LogP contribution >= 0.6 is 0 Å². The van der Waals surface area contributed by atoms with E-state index < -0.39 is 5.97 Å². The molecule has 1 heterocycles. The van der Waals surface area contributed by atoms with Gasteiger partial charge in [-0.1, -0.05) is 13.0 Å². The van der Waals surface area contributed by atoms with Crippen molar-refractivity contribution in [1.82, 2.24) is 0 Å². The van der Waals surface area contributed by atoms with Crippen molar-refractivity contribution in [2.24, 2.45) is 5.73 Å². The van der Waals surface area contributed by atoms with Crippen LogP contribution in [0.4, 0.5) is 5.69 Å². The van der Waals surface area contributed by atoms with Gasteiger partial charge < -0.3 is 20.5 Å². The van der Waals surface area contributed by atoms with Crippen LogP contribution in [0, 0.1) is 0 Å². The van der Waals surface area contributed by atoms with Gasteiger partial charge in [0.1, 0.15) is 11.9 Å². The van der Waals surface area contributed by atoms with Crippen molar-refractivity contribution in [2.75, 3.05) is 18.0 Å². The number of carboxylic acid groups (broad SMARTS) is 1. The number of carbonyl (C=O) groups is 1. The molecule has 1 aliphatic rings. The molecule has 1 aliphatic heterocycles. The third-order valence-electron chi connectivity index (χ3n) is 3.37. The van der Waals surface area contributed by atoms with Gasteiger partial charge in [0.15, 0.2) is 0 Å². The standard InChI is InChI=1S/C14H20N2O3/c1-2-11-9-16(6-5-14(17)18)12-4-3-10(8-15)7-13(12)19-11/h3-4,7,11H,2,5-6,8-9,15H2,1H3,(H,17,18). The lowest BCUT2D eigenvalue weighted by molar-refractivity contribution is -0.136. The molecule has 0 aromatic heterocycles. The predicted molar refractivity (Wildman–Crippen MR) is 73.5 cm³/mol. The van der Waals surface area contributed by atoms with Crippen LogP contribution in [0.5, 0.6) is 5.75 Å². The minimum absolute atomic E-state index is 0.106. The van der Waals surface area contributed by atoms with Crippen LogP contribution in [0.25, 0.3) is 0 Å². The van der Waals surface area contributed by atoms with Gasteiger partial charge in [0.05, 0.1) is 18.7 Å². The van der Waals surface area contributed by atoms with Crippen molar-refractivity contribution >= 4 is 11.7 Å². The van der Waals surface area contributed by atoms with Gasteiger partial charge in [-0.15, -0.1) is 0 Å². The van der Waals surface area contributed by atoms with E-state index in [1.54, 1.807) is 0 Å². The Kier molecular flexibility index (Phi) is 4.27. The molecule has 0 fully saturated rings. The van der Waals surface area contributed by atoms with Crippen molar-refractivity contribution in [2.45, 2.75) is 32.4 Å². The summed E-state index contributed by atoms with van der Waals surface area (Å²) < 4.78 is 5.92. The fourth-order valence-corrected chi connectivity index (χ4v) is 2.26. The Bertz CT molecular complexity index is 462. The molecule has 2 rings (SSSR count). The van der Waals surface area contributed by atoms with Gasteiger partial charge in [-0.05, 0) is 24.1 Å². The van der Waals surface area contributed by atoms with E-state index in [2.05, 4.69) is 11.8 Å². The first kappa shape index (κ1) is 13.7. The van der Waals surface area contributed by atoms with Crippen LogP contribution in [-0.2, 0) is 11.3 Å². The molecule has 1 atom stereocenters. The van der Waals surface area contributed by atoms with Crippen LogP contribution in [0.2, 0.25) is 0 Å². The monoisotopic (exact) mass is 264 g/mol. The molecular weight excluding hydrogens is 244 g/mol. The molecule has 0 amide bonds. The molecule has 5 heteroatoms. The number of ether oxygens (including phenoxy) is 1. The summed E-state index contributed by atoms with van der Waals surface area (Å²) in [6.45, 7) is 3.78. The summed E-state index contributed by atoms with van der Waals surface area (Å²) in [6.07, 6.45) is 1.14. The van der Waals surface area contributed by atoms with Crippen molar-refractivity contribution in [3.63, 3.8) is 0 Å². The highest BCUT2D eigenvalue weighted by molar-refractivity contribution is 5.68. The maximum Gasteiger partial charge on any atom is 0.305 e. The average Bonchev–Trinajstić information content (AvgIpc) is 2.43. The zero-order valence-electron chi connectivity index (χ0n) is 11.1. The molecule has 0 bridgehead atoms. The second-order valence-electron chi connectivity index (χ2n) is 4.74. The molecule has 3 N–H and O–H groups in total. The Morgan fingerprint density at radius 1 is 1.58 bits per heavy atom. The number of carboxylic acids is 1. The van der Waals surface area contributed by atoms with Crippen molar-refractivity contribution < 1.29 is 14.6 Å². The molecule has 0 saturated carbocycles. The summed E-state index contributed by atoms with van der Waals surface area (Å²) in [5, 5.41) is 8.82. The van der Waals surface area contributed by atoms with E-state index in [1.807, 2.05) is 18.2 Å². The molecule has 0 saturated heterocycles. The highest BCUT2D eigenvalue weighted by Crippen LogP contribution is 2.34. The minimum Gasteiger partial charge on any atom is -0.486 e. The SMILES string of the molecule is CCC1CN(CCC(=O)O)c2ccc(CN)cc2O1. The minimum atomic E-state index is -0.778. The van der Waals surface area contributed by atoms with Gasteiger partial charge in [-0.3, -0.25) is 4.79 Å². The van der Waals surface area contributed by atoms with E-state index >= 15 is 0 Å². The Morgan fingerprint density at radius 2 is 2.37 bits per heavy atom. The summed E-state index contributed by atoms with van der Waals surface area (Å²) in [5.74, 6) is 0.0334. The largest absolute Gasteiger partial charge is 0.486 e. The summed E-state index contributed by atoms with van der Waals surface area (Å²) in [6, 6.07) is 5.87. The summed E-state index contributed by atoms with van der Waals surface area (Å²) in [5.41, 5.74) is 7.62. The number of benzene rings is 1. The Hall–Kier alpha value is -1.75.